The summed E-state index contributed by atoms with van der Waals surface area (Å²) in [5.41, 5.74) is 2.28. The molecular formula is C27H34FN3O6. The molecule has 0 saturated heterocycles. The zero-order valence-corrected chi connectivity index (χ0v) is 21.4. The van der Waals surface area contributed by atoms with Crippen LogP contribution in [0.25, 0.3) is 5.76 Å². The van der Waals surface area contributed by atoms with Gasteiger partial charge in [0.05, 0.1) is 17.2 Å². The first kappa shape index (κ1) is 26.8. The average Bonchev–Trinajstić information content (AvgIpc) is 2.78. The van der Waals surface area contributed by atoms with Gasteiger partial charge >= 0.3 is 0 Å². The predicted octanol–water partition coefficient (Wildman–Crippen LogP) is 1.84. The summed E-state index contributed by atoms with van der Waals surface area (Å²) in [6.45, 7) is 8.57. The number of hydrogen-bond donors (Lipinski definition) is 6. The molecule has 0 heterocycles. The van der Waals surface area contributed by atoms with Gasteiger partial charge in [-0.1, -0.05) is 20.4 Å². The van der Waals surface area contributed by atoms with Crippen LogP contribution in [0.15, 0.2) is 35.1 Å². The number of nitrogens with two attached hydrogens (primary N) is 1. The largest absolute Gasteiger partial charge is 0.510 e. The number of phenolic OH excluding ortho intramolecular Hbond substituents is 1. The van der Waals surface area contributed by atoms with Gasteiger partial charge in [0.25, 0.3) is 5.91 Å². The van der Waals surface area contributed by atoms with Crippen molar-refractivity contribution in [1.29, 1.82) is 0 Å². The lowest BCUT2D eigenvalue weighted by atomic mass is 9.56. The molecule has 4 rings (SSSR count). The molecule has 1 aromatic carbocycles. The standard InChI is InChI=1S/C27H34FN3O6/c1-11(2)9-30-10-14-8-17(32)20-15(21(14)28)6-13-7-16-22(31(4)5)24(34)18(26(29)36)12(3)27(16,37)25(35)19(13)23(20)33/h8,11,13,16,22,30,32-34,37H,3,6-7,9-10H2,1-2,4-5H3,(H2,29,36)/t13-,16?,22-,27-/m0/s1. The van der Waals surface area contributed by atoms with E-state index in [1.165, 1.54) is 6.07 Å². The minimum atomic E-state index is -2.35. The Morgan fingerprint density at radius 3 is 2.54 bits per heavy atom. The smallest absolute Gasteiger partial charge is 0.252 e. The highest BCUT2D eigenvalue weighted by Crippen LogP contribution is 2.54. The molecule has 9 nitrogen and oxygen atoms in total. The normalized spacial score (nSPS) is 27.5. The zero-order chi connectivity index (χ0) is 27.6. The van der Waals surface area contributed by atoms with Gasteiger partial charge in [0.2, 0.25) is 0 Å². The Morgan fingerprint density at radius 2 is 1.97 bits per heavy atom. The van der Waals surface area contributed by atoms with Gasteiger partial charge in [0.15, 0.2) is 11.4 Å². The Kier molecular flexibility index (Phi) is 6.72. The van der Waals surface area contributed by atoms with Crippen molar-refractivity contribution in [3.63, 3.8) is 0 Å². The minimum Gasteiger partial charge on any atom is -0.510 e. The summed E-state index contributed by atoms with van der Waals surface area (Å²) >= 11 is 0. The van der Waals surface area contributed by atoms with E-state index in [0.717, 1.165) is 0 Å². The molecule has 1 unspecified atom stereocenters. The Hall–Kier alpha value is -3.21. The van der Waals surface area contributed by atoms with Gasteiger partial charge in [-0.25, -0.2) is 4.39 Å². The van der Waals surface area contributed by atoms with E-state index in [2.05, 4.69) is 11.9 Å². The number of benzene rings is 1. The summed E-state index contributed by atoms with van der Waals surface area (Å²) in [5, 5.41) is 47.8. The van der Waals surface area contributed by atoms with E-state index in [1.54, 1.807) is 19.0 Å². The molecule has 0 radical (unpaired) electrons. The number of fused-ring (bicyclic) bond motifs is 3. The number of phenols is 1. The van der Waals surface area contributed by atoms with E-state index in [1.807, 2.05) is 13.8 Å². The number of primary amides is 1. The van der Waals surface area contributed by atoms with Crippen LogP contribution in [0.3, 0.4) is 0 Å². The summed E-state index contributed by atoms with van der Waals surface area (Å²) in [7, 11) is 3.23. The molecule has 0 bridgehead atoms. The quantitative estimate of drug-likeness (QED) is 0.335. The maximum Gasteiger partial charge on any atom is 0.252 e. The van der Waals surface area contributed by atoms with Crippen molar-refractivity contribution in [2.45, 2.75) is 44.9 Å². The number of hydrogen-bond acceptors (Lipinski definition) is 8. The number of likely N-dealkylation sites (N-methyl/N-ethyl adjacent to an activating group) is 1. The van der Waals surface area contributed by atoms with Gasteiger partial charge in [-0.2, -0.15) is 0 Å². The van der Waals surface area contributed by atoms with Crippen LogP contribution in [-0.4, -0.2) is 69.3 Å². The lowest BCUT2D eigenvalue weighted by Gasteiger charge is -2.52. The molecule has 0 spiro atoms. The average molecular weight is 516 g/mol. The van der Waals surface area contributed by atoms with Crippen LogP contribution >= 0.6 is 0 Å². The first-order valence-electron chi connectivity index (χ1n) is 12.3. The number of amides is 1. The number of rotatable bonds is 6. The molecule has 200 valence electrons. The molecule has 37 heavy (non-hydrogen) atoms. The molecule has 3 aliphatic rings. The molecule has 10 heteroatoms. The van der Waals surface area contributed by atoms with Crippen LogP contribution in [0.2, 0.25) is 0 Å². The Labute approximate surface area is 214 Å². The Bertz CT molecular complexity index is 1270. The molecule has 4 atom stereocenters. The van der Waals surface area contributed by atoms with Crippen LogP contribution < -0.4 is 11.1 Å². The molecule has 1 fully saturated rings. The first-order valence-corrected chi connectivity index (χ1v) is 12.3. The number of carbonyl (C=O) groups is 2. The summed E-state index contributed by atoms with van der Waals surface area (Å²) < 4.78 is 15.6. The fourth-order valence-electron chi connectivity index (χ4n) is 6.14. The SMILES string of the molecule is C=C1C(C(N)=O)=C(O)[C@@H](N(C)C)C2C[C@@H]3Cc4c(F)c(CNCC(C)C)cc(O)c4C(O)=C3C(=O)[C@]12O. The first-order chi connectivity index (χ1) is 17.2. The zero-order valence-electron chi connectivity index (χ0n) is 21.4. The third kappa shape index (κ3) is 3.94. The van der Waals surface area contributed by atoms with Crippen LogP contribution in [-0.2, 0) is 22.6 Å². The molecule has 0 aliphatic heterocycles. The van der Waals surface area contributed by atoms with Gasteiger partial charge in [-0.3, -0.25) is 14.5 Å². The van der Waals surface area contributed by atoms with Crippen LogP contribution in [0.4, 0.5) is 4.39 Å². The van der Waals surface area contributed by atoms with E-state index < -0.39 is 58.1 Å². The summed E-state index contributed by atoms with van der Waals surface area (Å²) in [6.07, 6.45) is 0.0549. The van der Waals surface area contributed by atoms with Crippen molar-refractivity contribution < 1.29 is 34.4 Å². The van der Waals surface area contributed by atoms with E-state index in [0.29, 0.717) is 12.5 Å². The van der Waals surface area contributed by atoms with Crippen molar-refractivity contribution in [2.75, 3.05) is 20.6 Å². The summed E-state index contributed by atoms with van der Waals surface area (Å²) in [5.74, 6) is -5.28. The van der Waals surface area contributed by atoms with Gasteiger partial charge in [-0.05, 0) is 51.4 Å². The summed E-state index contributed by atoms with van der Waals surface area (Å²) in [4.78, 5) is 27.6. The van der Waals surface area contributed by atoms with Gasteiger partial charge in [0, 0.05) is 34.7 Å². The molecule has 1 aromatic rings. The third-order valence-corrected chi connectivity index (χ3v) is 7.78. The number of ketones is 1. The number of aliphatic hydroxyl groups is 3. The van der Waals surface area contributed by atoms with Crippen molar-refractivity contribution in [3.05, 3.63) is 57.6 Å². The fourth-order valence-corrected chi connectivity index (χ4v) is 6.14. The van der Waals surface area contributed by atoms with Crippen molar-refractivity contribution >= 4 is 17.4 Å². The number of aliphatic hydroxyl groups excluding tert-OH is 2. The predicted molar refractivity (Wildman–Crippen MR) is 135 cm³/mol. The highest BCUT2D eigenvalue weighted by Gasteiger charge is 2.62. The molecular weight excluding hydrogens is 481 g/mol. The number of nitrogens with zero attached hydrogens (tertiary/aromatic N) is 1. The van der Waals surface area contributed by atoms with Crippen molar-refractivity contribution in [1.82, 2.24) is 10.2 Å². The molecule has 0 aromatic heterocycles. The van der Waals surface area contributed by atoms with E-state index in [4.69, 9.17) is 5.73 Å². The number of Topliss-reactive ketones (excluding diaryl/α,β-unsaturated/α-hetero) is 1. The lowest BCUT2D eigenvalue weighted by molar-refractivity contribution is -0.143. The van der Waals surface area contributed by atoms with Gasteiger partial charge in [0.1, 0.15) is 23.1 Å². The number of aromatic hydroxyl groups is 1. The summed E-state index contributed by atoms with van der Waals surface area (Å²) in [6, 6.07) is 0.258. The molecule has 1 saturated carbocycles. The van der Waals surface area contributed by atoms with E-state index in [-0.39, 0.29) is 53.0 Å². The second-order valence-corrected chi connectivity index (χ2v) is 10.9. The van der Waals surface area contributed by atoms with Gasteiger partial charge < -0.3 is 31.5 Å². The number of nitrogens with one attached hydrogen (secondary N) is 1. The molecule has 1 amide bonds. The highest BCUT2D eigenvalue weighted by atomic mass is 19.1. The van der Waals surface area contributed by atoms with Crippen LogP contribution in [0, 0.1) is 23.6 Å². The second-order valence-electron chi connectivity index (χ2n) is 10.9. The van der Waals surface area contributed by atoms with Crippen LogP contribution in [0.1, 0.15) is 37.0 Å². The van der Waals surface area contributed by atoms with Crippen molar-refractivity contribution in [2.24, 2.45) is 23.5 Å². The third-order valence-electron chi connectivity index (χ3n) is 7.78. The lowest BCUT2D eigenvalue weighted by Crippen LogP contribution is -2.63. The topological polar surface area (TPSA) is 156 Å². The monoisotopic (exact) mass is 515 g/mol. The second kappa shape index (κ2) is 9.27. The Morgan fingerprint density at radius 1 is 1.32 bits per heavy atom. The molecule has 3 aliphatic carbocycles. The van der Waals surface area contributed by atoms with Gasteiger partial charge in [-0.15, -0.1) is 0 Å². The number of halogens is 1. The minimum absolute atomic E-state index is 0.00968. The number of carbonyl (C=O) groups excluding carboxylic acids is 2. The maximum absolute atomic E-state index is 15.6. The van der Waals surface area contributed by atoms with Crippen molar-refractivity contribution in [3.8, 4) is 5.75 Å². The Balaban J connectivity index is 1.85. The van der Waals surface area contributed by atoms with E-state index >= 15 is 4.39 Å². The van der Waals surface area contributed by atoms with E-state index in [9.17, 15) is 30.0 Å². The highest BCUT2D eigenvalue weighted by molar-refractivity contribution is 6.13. The maximum atomic E-state index is 15.6. The molecule has 7 N–H and O–H groups in total. The fraction of sp³-hybridized carbons (Fsp3) is 0.481. The van der Waals surface area contributed by atoms with Crippen LogP contribution in [0.5, 0.6) is 5.75 Å².